The molecule has 4 N–H and O–H groups in total. The molecule has 0 spiro atoms. The molecule has 11 nitrogen and oxygen atoms in total. The maximum Gasteiger partial charge on any atom is 0.407 e. The minimum Gasteiger partial charge on any atom is -0.487 e. The predicted octanol–water partition coefficient (Wildman–Crippen LogP) is 4.52. The van der Waals surface area contributed by atoms with E-state index in [-0.39, 0.29) is 30.4 Å². The fraction of sp³-hybridized carbons (Fsp3) is 0.364. The van der Waals surface area contributed by atoms with E-state index in [1.54, 1.807) is 13.8 Å². The van der Waals surface area contributed by atoms with Gasteiger partial charge in [0.1, 0.15) is 24.0 Å². The van der Waals surface area contributed by atoms with Crippen LogP contribution in [0.15, 0.2) is 58.4 Å². The number of alkyl carbamates (subject to hydrolysis) is 1. The third kappa shape index (κ3) is 6.52. The summed E-state index contributed by atoms with van der Waals surface area (Å²) in [4.78, 5) is 30.9. The molecule has 2 aliphatic rings. The van der Waals surface area contributed by atoms with Gasteiger partial charge in [-0.05, 0) is 80.0 Å². The molecule has 238 valence electrons. The van der Waals surface area contributed by atoms with Crippen molar-refractivity contribution < 1.29 is 32.6 Å². The first kappa shape index (κ1) is 32.0. The number of fused-ring (bicyclic) bond motifs is 4. The Labute approximate surface area is 263 Å². The van der Waals surface area contributed by atoms with Crippen molar-refractivity contribution in [3.05, 3.63) is 81.9 Å². The summed E-state index contributed by atoms with van der Waals surface area (Å²) < 4.78 is 38.0. The number of nitrogens with one attached hydrogen (secondary N) is 3. The van der Waals surface area contributed by atoms with Crippen LogP contribution in [0.2, 0.25) is 0 Å². The Morgan fingerprint density at radius 1 is 1.04 bits per heavy atom. The van der Waals surface area contributed by atoms with Gasteiger partial charge in [0.25, 0.3) is 10.0 Å². The van der Waals surface area contributed by atoms with E-state index >= 15 is 0 Å². The molecule has 0 radical (unpaired) electrons. The number of nitrogens with zero attached hydrogens (tertiary/aromatic N) is 1. The third-order valence-electron chi connectivity index (χ3n) is 8.39. The summed E-state index contributed by atoms with van der Waals surface area (Å²) in [5.74, 6) is -0.653. The number of carboxylic acids is 1. The molecule has 45 heavy (non-hydrogen) atoms. The Morgan fingerprint density at radius 2 is 1.67 bits per heavy atom. The van der Waals surface area contributed by atoms with Gasteiger partial charge in [0.2, 0.25) is 0 Å². The molecule has 1 aliphatic carbocycles. The van der Waals surface area contributed by atoms with E-state index in [1.165, 1.54) is 0 Å². The molecular formula is C33H38N4O7S. The Kier molecular flexibility index (Phi) is 8.90. The lowest BCUT2D eigenvalue weighted by Gasteiger charge is -2.19. The molecule has 0 aromatic heterocycles. The number of amides is 1. The minimum absolute atomic E-state index is 0.00220. The predicted molar refractivity (Wildman–Crippen MR) is 170 cm³/mol. The molecule has 0 unspecified atom stereocenters. The van der Waals surface area contributed by atoms with E-state index in [0.29, 0.717) is 17.5 Å². The monoisotopic (exact) mass is 634 g/mol. The summed E-state index contributed by atoms with van der Waals surface area (Å²) in [5, 5.41) is 12.0. The quantitative estimate of drug-likeness (QED) is 0.136. The number of rotatable bonds is 11. The Bertz CT molecular complexity index is 1740. The van der Waals surface area contributed by atoms with Crippen LogP contribution in [0.3, 0.4) is 0 Å². The second kappa shape index (κ2) is 12.5. The summed E-state index contributed by atoms with van der Waals surface area (Å²) in [5.41, 5.74) is 9.21. The van der Waals surface area contributed by atoms with E-state index in [0.717, 1.165) is 45.5 Å². The van der Waals surface area contributed by atoms with Crippen molar-refractivity contribution in [3.63, 3.8) is 0 Å². The van der Waals surface area contributed by atoms with E-state index < -0.39 is 33.7 Å². The summed E-state index contributed by atoms with van der Waals surface area (Å²) >= 11 is 0. The number of hydrogen-bond donors (Lipinski definition) is 4. The highest BCUT2D eigenvalue weighted by Crippen LogP contribution is 2.45. The number of hydrogen-bond acceptors (Lipinski definition) is 7. The van der Waals surface area contributed by atoms with Crippen LogP contribution in [0.4, 0.5) is 4.79 Å². The largest absolute Gasteiger partial charge is 0.487 e. The van der Waals surface area contributed by atoms with Gasteiger partial charge in [-0.2, -0.15) is 0 Å². The van der Waals surface area contributed by atoms with Crippen molar-refractivity contribution >= 4 is 28.4 Å². The smallest absolute Gasteiger partial charge is 0.407 e. The van der Waals surface area contributed by atoms with Crippen LogP contribution in [-0.4, -0.2) is 56.7 Å². The zero-order valence-electron chi connectivity index (χ0n) is 25.9. The SMILES string of the molecule is Cc1c(C)c(S(=O)(=O)NNC=NCC[C@H](NC(=O)OCC2c3ccccc3-c3ccccc32)C(=O)O)c(C)c2c1OC(C)(C)C2. The third-order valence-corrected chi connectivity index (χ3v) is 9.93. The zero-order valence-corrected chi connectivity index (χ0v) is 26.7. The van der Waals surface area contributed by atoms with Crippen LogP contribution < -0.4 is 20.3 Å². The normalized spacial score (nSPS) is 15.6. The Morgan fingerprint density at radius 3 is 2.29 bits per heavy atom. The molecule has 12 heteroatoms. The lowest BCUT2D eigenvalue weighted by atomic mass is 9.94. The number of carboxylic acid groups (broad SMARTS) is 1. The Hall–Kier alpha value is -4.42. The van der Waals surface area contributed by atoms with Crippen molar-refractivity contribution in [1.82, 2.24) is 15.6 Å². The van der Waals surface area contributed by atoms with Gasteiger partial charge < -0.3 is 19.9 Å². The molecule has 0 saturated carbocycles. The first-order valence-electron chi connectivity index (χ1n) is 14.7. The highest BCUT2D eigenvalue weighted by Gasteiger charge is 2.36. The number of aliphatic imine (C=N–C) groups is 1. The average Bonchev–Trinajstić information content (AvgIpc) is 3.50. The van der Waals surface area contributed by atoms with E-state index in [2.05, 4.69) is 20.6 Å². The molecule has 0 saturated heterocycles. The van der Waals surface area contributed by atoms with E-state index in [4.69, 9.17) is 9.47 Å². The molecule has 0 bridgehead atoms. The topological polar surface area (TPSA) is 155 Å². The second-order valence-corrected chi connectivity index (χ2v) is 13.6. The molecular weight excluding hydrogens is 596 g/mol. The van der Waals surface area contributed by atoms with Gasteiger partial charge in [-0.25, -0.2) is 18.0 Å². The van der Waals surface area contributed by atoms with Gasteiger partial charge in [-0.1, -0.05) is 48.5 Å². The molecule has 0 fully saturated rings. The summed E-state index contributed by atoms with van der Waals surface area (Å²) in [6, 6.07) is 14.6. The summed E-state index contributed by atoms with van der Waals surface area (Å²) in [7, 11) is -3.96. The van der Waals surface area contributed by atoms with Crippen molar-refractivity contribution in [1.29, 1.82) is 0 Å². The van der Waals surface area contributed by atoms with Gasteiger partial charge in [-0.3, -0.25) is 10.4 Å². The van der Waals surface area contributed by atoms with Gasteiger partial charge >= 0.3 is 12.1 Å². The van der Waals surface area contributed by atoms with E-state index in [1.807, 2.05) is 69.3 Å². The number of carbonyl (C=O) groups excluding carboxylic acids is 1. The molecule has 1 atom stereocenters. The van der Waals surface area contributed by atoms with Crippen LogP contribution in [0.25, 0.3) is 11.1 Å². The number of hydrazine groups is 1. The standard InChI is InChI=1S/C33H38N4O7S/c1-19-20(2)30(21(3)26-16-33(4,5)44-29(19)26)45(41,42)37-35-18-34-15-14-28(31(38)39)36-32(40)43-17-27-24-12-8-6-10-22(24)23-11-7-9-13-25(23)27/h6-13,18,27-28,37H,14-17H2,1-5H3,(H,34,35)(H,36,40)(H,38,39)/t28-/m0/s1. The molecule has 3 aromatic rings. The first-order valence-corrected chi connectivity index (χ1v) is 16.2. The van der Waals surface area contributed by atoms with Crippen LogP contribution in [0, 0.1) is 20.8 Å². The van der Waals surface area contributed by atoms with Gasteiger partial charge in [-0.15, -0.1) is 4.83 Å². The summed E-state index contributed by atoms with van der Waals surface area (Å²) in [6.45, 7) is 9.35. The van der Waals surface area contributed by atoms with E-state index in [9.17, 15) is 23.1 Å². The van der Waals surface area contributed by atoms with Crippen LogP contribution in [-0.2, 0) is 26.0 Å². The van der Waals surface area contributed by atoms with Gasteiger partial charge in [0.05, 0.1) is 11.2 Å². The van der Waals surface area contributed by atoms with Crippen molar-refractivity contribution in [3.8, 4) is 16.9 Å². The number of benzene rings is 3. The number of sulfonamides is 1. The van der Waals surface area contributed by atoms with Crippen LogP contribution in [0.1, 0.15) is 59.6 Å². The average molecular weight is 635 g/mol. The molecule has 1 amide bonds. The zero-order chi connectivity index (χ0) is 32.5. The number of aliphatic carboxylic acids is 1. The van der Waals surface area contributed by atoms with Gasteiger partial charge in [0.15, 0.2) is 0 Å². The highest BCUT2D eigenvalue weighted by molar-refractivity contribution is 7.89. The van der Waals surface area contributed by atoms with Gasteiger partial charge in [0, 0.05) is 24.4 Å². The highest BCUT2D eigenvalue weighted by atomic mass is 32.2. The number of carbonyl (C=O) groups is 2. The maximum atomic E-state index is 13.2. The second-order valence-electron chi connectivity index (χ2n) is 12.0. The van der Waals surface area contributed by atoms with Crippen molar-refractivity contribution in [2.24, 2.45) is 4.99 Å². The summed E-state index contributed by atoms with van der Waals surface area (Å²) in [6.07, 6.45) is 0.855. The van der Waals surface area contributed by atoms with Crippen molar-refractivity contribution in [2.75, 3.05) is 13.2 Å². The fourth-order valence-electron chi connectivity index (χ4n) is 6.16. The lowest BCUT2D eigenvalue weighted by Crippen LogP contribution is -2.42. The van der Waals surface area contributed by atoms with Crippen LogP contribution >= 0.6 is 0 Å². The fourth-order valence-corrected chi connectivity index (χ4v) is 7.55. The van der Waals surface area contributed by atoms with Crippen molar-refractivity contribution in [2.45, 2.75) is 69.9 Å². The maximum absolute atomic E-state index is 13.2. The lowest BCUT2D eigenvalue weighted by molar-refractivity contribution is -0.139. The van der Waals surface area contributed by atoms with Crippen LogP contribution in [0.5, 0.6) is 5.75 Å². The minimum atomic E-state index is -3.96. The molecule has 3 aromatic carbocycles. The molecule has 5 rings (SSSR count). The first-order chi connectivity index (χ1) is 21.3. The Balaban J connectivity index is 1.13. The molecule has 1 heterocycles. The molecule has 1 aliphatic heterocycles. The number of ether oxygens (including phenoxy) is 2.